The first-order valence-electron chi connectivity index (χ1n) is 9.03. The summed E-state index contributed by atoms with van der Waals surface area (Å²) in [4.78, 5) is 34.8. The van der Waals surface area contributed by atoms with Crippen LogP contribution in [0.1, 0.15) is 18.3 Å². The lowest BCUT2D eigenvalue weighted by Crippen LogP contribution is -2.22. The highest BCUT2D eigenvalue weighted by Gasteiger charge is 2.18. The molecule has 3 heterocycles. The van der Waals surface area contributed by atoms with Crippen LogP contribution in [0, 0.1) is 0 Å². The molecule has 0 saturated heterocycles. The maximum Gasteiger partial charge on any atom is 0.312 e. The smallest absolute Gasteiger partial charge is 0.312 e. The van der Waals surface area contributed by atoms with Crippen molar-refractivity contribution < 1.29 is 14.3 Å². The van der Waals surface area contributed by atoms with Crippen molar-refractivity contribution in [3.8, 4) is 10.6 Å². The zero-order chi connectivity index (χ0) is 20.9. The fourth-order valence-electron chi connectivity index (χ4n) is 2.73. The molecule has 9 heteroatoms. The normalized spacial score (nSPS) is 10.7. The lowest BCUT2D eigenvalue weighted by atomic mass is 10.3. The summed E-state index contributed by atoms with van der Waals surface area (Å²) in [5.74, 6) is -0.498. The van der Waals surface area contributed by atoms with E-state index in [0.29, 0.717) is 16.5 Å². The predicted octanol–water partition coefficient (Wildman–Crippen LogP) is 5.30. The van der Waals surface area contributed by atoms with Crippen LogP contribution in [-0.2, 0) is 27.4 Å². The number of amides is 1. The molecular formula is C21H17N3O3S3. The van der Waals surface area contributed by atoms with Crippen LogP contribution >= 0.6 is 34.0 Å². The molecule has 0 N–H and O–H groups in total. The van der Waals surface area contributed by atoms with E-state index in [9.17, 15) is 9.59 Å². The van der Waals surface area contributed by atoms with Crippen molar-refractivity contribution >= 4 is 56.7 Å². The van der Waals surface area contributed by atoms with E-state index in [2.05, 4.69) is 9.97 Å². The van der Waals surface area contributed by atoms with E-state index in [0.717, 1.165) is 16.3 Å². The van der Waals surface area contributed by atoms with Crippen LogP contribution in [0.5, 0.6) is 0 Å². The minimum absolute atomic E-state index is 0.0530. The molecule has 4 rings (SSSR count). The molecule has 3 aromatic heterocycles. The number of hydrogen-bond acceptors (Lipinski definition) is 8. The zero-order valence-corrected chi connectivity index (χ0v) is 18.4. The number of rotatable bonds is 7. The molecule has 0 bridgehead atoms. The molecule has 0 unspecified atom stereocenters. The average molecular weight is 456 g/mol. The van der Waals surface area contributed by atoms with Gasteiger partial charge in [0.05, 0.1) is 23.5 Å². The second-order valence-electron chi connectivity index (χ2n) is 6.30. The molecule has 0 aliphatic carbocycles. The number of esters is 1. The summed E-state index contributed by atoms with van der Waals surface area (Å²) in [5.41, 5.74) is 3.10. The number of anilines is 2. The molecule has 152 valence electrons. The summed E-state index contributed by atoms with van der Waals surface area (Å²) < 4.78 is 5.36. The van der Waals surface area contributed by atoms with Gasteiger partial charge in [0.1, 0.15) is 11.6 Å². The number of hydrogen-bond donors (Lipinski definition) is 0. The fourth-order valence-corrected chi connectivity index (χ4v) is 5.13. The quantitative estimate of drug-likeness (QED) is 0.354. The van der Waals surface area contributed by atoms with Crippen molar-refractivity contribution in [3.05, 3.63) is 69.3 Å². The average Bonchev–Trinajstić information content (AvgIpc) is 3.49. The Hall–Kier alpha value is -2.88. The SMILES string of the molecule is CC(=O)N(c1ccccc1)c1nc(COC(=O)Cc2csc(-c3ccsc3)n2)cs1. The van der Waals surface area contributed by atoms with Crippen LogP contribution in [0.2, 0.25) is 0 Å². The van der Waals surface area contributed by atoms with E-state index < -0.39 is 0 Å². The van der Waals surface area contributed by atoms with Crippen molar-refractivity contribution in [1.82, 2.24) is 9.97 Å². The summed E-state index contributed by atoms with van der Waals surface area (Å²) in [6.07, 6.45) is 0.112. The van der Waals surface area contributed by atoms with Gasteiger partial charge in [0, 0.05) is 28.6 Å². The predicted molar refractivity (Wildman–Crippen MR) is 120 cm³/mol. The van der Waals surface area contributed by atoms with Crippen LogP contribution in [0.3, 0.4) is 0 Å². The number of nitrogens with zero attached hydrogens (tertiary/aromatic N) is 3. The van der Waals surface area contributed by atoms with Gasteiger partial charge in [-0.15, -0.1) is 22.7 Å². The van der Waals surface area contributed by atoms with Gasteiger partial charge in [0.25, 0.3) is 0 Å². The molecule has 4 aromatic rings. The fraction of sp³-hybridized carbons (Fsp3) is 0.143. The van der Waals surface area contributed by atoms with Crippen molar-refractivity contribution in [1.29, 1.82) is 0 Å². The number of thiophene rings is 1. The zero-order valence-electron chi connectivity index (χ0n) is 16.0. The van der Waals surface area contributed by atoms with E-state index in [4.69, 9.17) is 4.74 Å². The van der Waals surface area contributed by atoms with Crippen LogP contribution < -0.4 is 4.90 Å². The highest BCUT2D eigenvalue weighted by molar-refractivity contribution is 7.14. The van der Waals surface area contributed by atoms with Crippen molar-refractivity contribution in [2.75, 3.05) is 4.90 Å². The number of carbonyl (C=O) groups excluding carboxylic acids is 2. The Labute approximate surface area is 185 Å². The molecule has 0 saturated carbocycles. The second-order valence-corrected chi connectivity index (χ2v) is 8.78. The molecule has 30 heavy (non-hydrogen) atoms. The molecule has 0 aliphatic rings. The number of ether oxygens (including phenoxy) is 1. The van der Waals surface area contributed by atoms with Gasteiger partial charge in [0.2, 0.25) is 5.91 Å². The number of aromatic nitrogens is 2. The Morgan fingerprint density at radius 3 is 2.53 bits per heavy atom. The minimum atomic E-state index is -0.363. The van der Waals surface area contributed by atoms with Gasteiger partial charge in [-0.25, -0.2) is 9.97 Å². The van der Waals surface area contributed by atoms with Gasteiger partial charge in [-0.3, -0.25) is 14.5 Å². The third-order valence-electron chi connectivity index (χ3n) is 4.09. The molecule has 0 radical (unpaired) electrons. The second kappa shape index (κ2) is 9.29. The first kappa shape index (κ1) is 20.4. The third kappa shape index (κ3) is 4.81. The molecule has 0 atom stereocenters. The first-order chi connectivity index (χ1) is 14.6. The van der Waals surface area contributed by atoms with Gasteiger partial charge in [-0.05, 0) is 23.6 Å². The van der Waals surface area contributed by atoms with Crippen molar-refractivity contribution in [2.45, 2.75) is 20.0 Å². The Morgan fingerprint density at radius 1 is 1.00 bits per heavy atom. The maximum atomic E-state index is 12.2. The topological polar surface area (TPSA) is 72.4 Å². The Bertz CT molecular complexity index is 1140. The van der Waals surface area contributed by atoms with Gasteiger partial charge in [0.15, 0.2) is 5.13 Å². The number of para-hydroxylation sites is 1. The summed E-state index contributed by atoms with van der Waals surface area (Å²) in [6, 6.07) is 11.3. The highest BCUT2D eigenvalue weighted by Crippen LogP contribution is 2.29. The highest BCUT2D eigenvalue weighted by atomic mass is 32.1. The van der Waals surface area contributed by atoms with Crippen LogP contribution in [-0.4, -0.2) is 21.8 Å². The largest absolute Gasteiger partial charge is 0.459 e. The van der Waals surface area contributed by atoms with Crippen LogP contribution in [0.4, 0.5) is 10.8 Å². The lowest BCUT2D eigenvalue weighted by molar-refractivity contribution is -0.144. The molecule has 0 fully saturated rings. The van der Waals surface area contributed by atoms with Crippen molar-refractivity contribution in [3.63, 3.8) is 0 Å². The molecule has 0 aliphatic heterocycles. The van der Waals surface area contributed by atoms with E-state index in [1.165, 1.54) is 34.5 Å². The van der Waals surface area contributed by atoms with Crippen molar-refractivity contribution in [2.24, 2.45) is 0 Å². The Kier molecular flexibility index (Phi) is 6.32. The molecule has 0 spiro atoms. The standard InChI is InChI=1S/C21H17N3O3S3/c1-14(25)24(18-5-3-2-4-6-18)21-23-17(13-30-21)10-27-19(26)9-16-12-29-20(22-16)15-7-8-28-11-15/h2-8,11-13H,9-10H2,1H3. The Morgan fingerprint density at radius 2 is 1.80 bits per heavy atom. The summed E-state index contributed by atoms with van der Waals surface area (Å²) in [7, 11) is 0. The first-order valence-corrected chi connectivity index (χ1v) is 11.7. The molecular weight excluding hydrogens is 438 g/mol. The maximum absolute atomic E-state index is 12.2. The molecule has 1 aromatic carbocycles. The third-order valence-corrected chi connectivity index (χ3v) is 6.58. The van der Waals surface area contributed by atoms with Gasteiger partial charge < -0.3 is 4.74 Å². The number of thiazole rings is 2. The summed E-state index contributed by atoms with van der Waals surface area (Å²) >= 11 is 4.45. The number of carbonyl (C=O) groups is 2. The van der Waals surface area contributed by atoms with E-state index >= 15 is 0 Å². The van der Waals surface area contributed by atoms with Crippen LogP contribution in [0.15, 0.2) is 57.9 Å². The Balaban J connectivity index is 1.36. The minimum Gasteiger partial charge on any atom is -0.459 e. The van der Waals surface area contributed by atoms with Gasteiger partial charge >= 0.3 is 5.97 Å². The number of benzene rings is 1. The van der Waals surface area contributed by atoms with Crippen LogP contribution in [0.25, 0.3) is 10.6 Å². The van der Waals surface area contributed by atoms with E-state index in [1.807, 2.05) is 52.5 Å². The molecule has 1 amide bonds. The van der Waals surface area contributed by atoms with Gasteiger partial charge in [-0.1, -0.05) is 18.2 Å². The summed E-state index contributed by atoms with van der Waals surface area (Å²) in [5, 5.41) is 9.13. The van der Waals surface area contributed by atoms with Gasteiger partial charge in [-0.2, -0.15) is 11.3 Å². The van der Waals surface area contributed by atoms with E-state index in [-0.39, 0.29) is 24.9 Å². The van der Waals surface area contributed by atoms with E-state index in [1.54, 1.807) is 16.7 Å². The monoisotopic (exact) mass is 455 g/mol. The summed E-state index contributed by atoms with van der Waals surface area (Å²) in [6.45, 7) is 1.55. The lowest BCUT2D eigenvalue weighted by Gasteiger charge is -2.17. The molecule has 6 nitrogen and oxygen atoms in total.